The predicted molar refractivity (Wildman–Crippen MR) is 53.1 cm³/mol. The molecule has 0 unspecified atom stereocenters. The normalized spacial score (nSPS) is 10.3. The van der Waals surface area contributed by atoms with Gasteiger partial charge in [0.2, 0.25) is 0 Å². The van der Waals surface area contributed by atoms with Crippen molar-refractivity contribution in [3.63, 3.8) is 0 Å². The minimum absolute atomic E-state index is 0.189. The molecule has 82 valence electrons. The Kier molecular flexibility index (Phi) is 2.63. The lowest BCUT2D eigenvalue weighted by molar-refractivity contribution is 0.0697. The van der Waals surface area contributed by atoms with E-state index in [1.54, 1.807) is 12.1 Å². The molecular formula is C10H8FN3O2. The van der Waals surface area contributed by atoms with Crippen molar-refractivity contribution in [1.29, 1.82) is 0 Å². The number of carboxylic acid groups (broad SMARTS) is 1. The van der Waals surface area contributed by atoms with Crippen LogP contribution in [0.4, 0.5) is 4.39 Å². The largest absolute Gasteiger partial charge is 0.478 e. The fourth-order valence-corrected chi connectivity index (χ4v) is 1.24. The van der Waals surface area contributed by atoms with Gasteiger partial charge in [-0.25, -0.2) is 13.9 Å². The van der Waals surface area contributed by atoms with Crippen LogP contribution < -0.4 is 0 Å². The average Bonchev–Trinajstić information content (AvgIpc) is 2.77. The molecule has 5 nitrogen and oxygen atoms in total. The summed E-state index contributed by atoms with van der Waals surface area (Å²) < 4.78 is 13.6. The summed E-state index contributed by atoms with van der Waals surface area (Å²) in [6.07, 6.45) is 1.45. The molecular weight excluding hydrogens is 213 g/mol. The number of rotatable bonds is 3. The highest BCUT2D eigenvalue weighted by Crippen LogP contribution is 2.09. The minimum Gasteiger partial charge on any atom is -0.478 e. The number of halogens is 1. The lowest BCUT2D eigenvalue weighted by Crippen LogP contribution is -1.98. The Morgan fingerprint density at radius 3 is 2.56 bits per heavy atom. The second-order valence-electron chi connectivity index (χ2n) is 3.14. The van der Waals surface area contributed by atoms with Gasteiger partial charge in [0.25, 0.3) is 0 Å². The fraction of sp³-hybridized carbons (Fsp3) is 0.100. The molecule has 2 rings (SSSR count). The summed E-state index contributed by atoms with van der Waals surface area (Å²) in [7, 11) is 0. The molecule has 1 heterocycles. The number of benzene rings is 1. The molecule has 1 aromatic carbocycles. The maximum atomic E-state index is 12.2. The van der Waals surface area contributed by atoms with E-state index < -0.39 is 12.6 Å². The molecule has 0 saturated carbocycles. The van der Waals surface area contributed by atoms with Gasteiger partial charge in [0, 0.05) is 0 Å². The number of alkyl halides is 1. The third-order valence-corrected chi connectivity index (χ3v) is 2.06. The number of aromatic carboxylic acids is 1. The number of nitrogens with zero attached hydrogens (tertiary/aromatic N) is 3. The van der Waals surface area contributed by atoms with Gasteiger partial charge in [-0.2, -0.15) is 0 Å². The fourth-order valence-electron chi connectivity index (χ4n) is 1.24. The Bertz CT molecular complexity index is 507. The first kappa shape index (κ1) is 10.3. The molecule has 0 bridgehead atoms. The standard InChI is InChI=1S/C10H8FN3O2/c11-5-8-6-14(13-12-8)9-3-1-7(2-4-9)10(15)16/h1-4,6H,5H2,(H,15,16). The topological polar surface area (TPSA) is 68.0 Å². The number of carbonyl (C=O) groups is 1. The van der Waals surface area contributed by atoms with Crippen molar-refractivity contribution in [3.8, 4) is 5.69 Å². The zero-order chi connectivity index (χ0) is 11.5. The highest BCUT2D eigenvalue weighted by Gasteiger charge is 2.04. The van der Waals surface area contributed by atoms with E-state index in [9.17, 15) is 9.18 Å². The Morgan fingerprint density at radius 2 is 2.06 bits per heavy atom. The Hall–Kier alpha value is -2.24. The van der Waals surface area contributed by atoms with Crippen LogP contribution in [0.2, 0.25) is 0 Å². The maximum absolute atomic E-state index is 12.2. The van der Waals surface area contributed by atoms with Crippen LogP contribution in [-0.2, 0) is 6.67 Å². The number of aromatic nitrogens is 3. The maximum Gasteiger partial charge on any atom is 0.335 e. The molecule has 1 aromatic heterocycles. The molecule has 0 atom stereocenters. The van der Waals surface area contributed by atoms with Gasteiger partial charge in [-0.1, -0.05) is 5.21 Å². The summed E-state index contributed by atoms with van der Waals surface area (Å²) >= 11 is 0. The molecule has 6 heteroatoms. The van der Waals surface area contributed by atoms with Crippen LogP contribution in [-0.4, -0.2) is 26.1 Å². The third-order valence-electron chi connectivity index (χ3n) is 2.06. The average molecular weight is 221 g/mol. The molecule has 0 saturated heterocycles. The molecule has 0 aliphatic rings. The van der Waals surface area contributed by atoms with E-state index in [0.717, 1.165) is 0 Å². The van der Waals surface area contributed by atoms with Crippen molar-refractivity contribution in [1.82, 2.24) is 15.0 Å². The van der Waals surface area contributed by atoms with Crippen LogP contribution in [0, 0.1) is 0 Å². The second-order valence-corrected chi connectivity index (χ2v) is 3.14. The molecule has 0 fully saturated rings. The van der Waals surface area contributed by atoms with E-state index in [1.165, 1.54) is 23.0 Å². The highest BCUT2D eigenvalue weighted by molar-refractivity contribution is 5.87. The van der Waals surface area contributed by atoms with Gasteiger partial charge in [-0.15, -0.1) is 5.10 Å². The zero-order valence-electron chi connectivity index (χ0n) is 8.17. The summed E-state index contributed by atoms with van der Waals surface area (Å²) in [4.78, 5) is 10.6. The number of hydrogen-bond donors (Lipinski definition) is 1. The van der Waals surface area contributed by atoms with Gasteiger partial charge in [0.05, 0.1) is 17.4 Å². The lowest BCUT2D eigenvalue weighted by atomic mass is 10.2. The highest BCUT2D eigenvalue weighted by atomic mass is 19.1. The molecule has 0 radical (unpaired) electrons. The molecule has 2 aromatic rings. The third kappa shape index (κ3) is 1.90. The molecule has 16 heavy (non-hydrogen) atoms. The summed E-state index contributed by atoms with van der Waals surface area (Å²) in [6, 6.07) is 6.07. The van der Waals surface area contributed by atoms with E-state index in [4.69, 9.17) is 5.11 Å². The second kappa shape index (κ2) is 4.09. The summed E-state index contributed by atoms with van der Waals surface area (Å²) in [5.41, 5.74) is 1.06. The summed E-state index contributed by atoms with van der Waals surface area (Å²) in [6.45, 7) is -0.673. The van der Waals surface area contributed by atoms with Crippen LogP contribution in [0.3, 0.4) is 0 Å². The summed E-state index contributed by atoms with van der Waals surface area (Å²) in [5.74, 6) is -0.991. The molecule has 0 amide bonds. The monoisotopic (exact) mass is 221 g/mol. The van der Waals surface area contributed by atoms with Crippen molar-refractivity contribution in [2.45, 2.75) is 6.67 Å². The van der Waals surface area contributed by atoms with E-state index in [2.05, 4.69) is 10.3 Å². The lowest BCUT2D eigenvalue weighted by Gasteiger charge is -1.99. The van der Waals surface area contributed by atoms with Crippen molar-refractivity contribution < 1.29 is 14.3 Å². The predicted octanol–water partition coefficient (Wildman–Crippen LogP) is 1.43. The molecule has 0 aliphatic carbocycles. The zero-order valence-corrected chi connectivity index (χ0v) is 8.17. The summed E-state index contributed by atoms with van der Waals surface area (Å²) in [5, 5.41) is 16.0. The first-order valence-corrected chi connectivity index (χ1v) is 4.51. The van der Waals surface area contributed by atoms with Crippen molar-refractivity contribution in [2.75, 3.05) is 0 Å². The molecule has 0 spiro atoms. The van der Waals surface area contributed by atoms with Gasteiger partial charge >= 0.3 is 5.97 Å². The molecule has 0 aliphatic heterocycles. The number of carboxylic acids is 1. The SMILES string of the molecule is O=C(O)c1ccc(-n2cc(CF)nn2)cc1. The molecule has 1 N–H and O–H groups in total. The van der Waals surface area contributed by atoms with Gasteiger partial charge in [-0.05, 0) is 24.3 Å². The van der Waals surface area contributed by atoms with Crippen LogP contribution in [0.5, 0.6) is 0 Å². The first-order chi connectivity index (χ1) is 7.70. The Labute approximate surface area is 90.1 Å². The van der Waals surface area contributed by atoms with E-state index in [1.807, 2.05) is 0 Å². The van der Waals surface area contributed by atoms with Crippen LogP contribution in [0.15, 0.2) is 30.5 Å². The van der Waals surface area contributed by atoms with E-state index in [-0.39, 0.29) is 11.3 Å². The van der Waals surface area contributed by atoms with Crippen LogP contribution in [0.1, 0.15) is 16.1 Å². The smallest absolute Gasteiger partial charge is 0.335 e. The van der Waals surface area contributed by atoms with Crippen molar-refractivity contribution in [3.05, 3.63) is 41.7 Å². The number of hydrogen-bond acceptors (Lipinski definition) is 3. The minimum atomic E-state index is -0.991. The van der Waals surface area contributed by atoms with E-state index in [0.29, 0.717) is 5.69 Å². The first-order valence-electron chi connectivity index (χ1n) is 4.51. The quantitative estimate of drug-likeness (QED) is 0.851. The van der Waals surface area contributed by atoms with E-state index >= 15 is 0 Å². The Morgan fingerprint density at radius 1 is 1.38 bits per heavy atom. The van der Waals surface area contributed by atoms with Crippen LogP contribution in [0.25, 0.3) is 5.69 Å². The van der Waals surface area contributed by atoms with Crippen molar-refractivity contribution in [2.24, 2.45) is 0 Å². The van der Waals surface area contributed by atoms with Crippen molar-refractivity contribution >= 4 is 5.97 Å². The van der Waals surface area contributed by atoms with Gasteiger partial charge in [-0.3, -0.25) is 0 Å². The van der Waals surface area contributed by atoms with Gasteiger partial charge < -0.3 is 5.11 Å². The van der Waals surface area contributed by atoms with Gasteiger partial charge in [0.15, 0.2) is 0 Å². The van der Waals surface area contributed by atoms with Crippen LogP contribution >= 0.6 is 0 Å². The Balaban J connectivity index is 2.30. The van der Waals surface area contributed by atoms with Gasteiger partial charge in [0.1, 0.15) is 12.4 Å².